The summed E-state index contributed by atoms with van der Waals surface area (Å²) in [6.07, 6.45) is 4.35. The van der Waals surface area contributed by atoms with E-state index in [4.69, 9.17) is 0 Å². The van der Waals surface area contributed by atoms with Gasteiger partial charge in [0.15, 0.2) is 5.78 Å². The Morgan fingerprint density at radius 1 is 0.970 bits per heavy atom. The van der Waals surface area contributed by atoms with Gasteiger partial charge in [-0.3, -0.25) is 9.59 Å². The molecule has 1 saturated heterocycles. The Balaban J connectivity index is 0.000000354. The van der Waals surface area contributed by atoms with Crippen molar-refractivity contribution < 1.29 is 14.7 Å². The first-order valence-corrected chi connectivity index (χ1v) is 11.7. The molecule has 0 saturated carbocycles. The smallest absolute Gasteiger partial charge is 0.253 e. The molecule has 0 unspecified atom stereocenters. The van der Waals surface area contributed by atoms with Crippen molar-refractivity contribution in [2.45, 2.75) is 60.3 Å². The third-order valence-corrected chi connectivity index (χ3v) is 5.82. The number of carbonyl (C=O) groups is 2. The van der Waals surface area contributed by atoms with Crippen LogP contribution in [0.15, 0.2) is 36.9 Å². The number of aromatic hydroxyl groups is 1. The summed E-state index contributed by atoms with van der Waals surface area (Å²) in [5, 5.41) is 9.77. The van der Waals surface area contributed by atoms with E-state index in [0.29, 0.717) is 11.1 Å². The number of Topliss-reactive ketones (excluding diaryl/α,β-unsaturated/α-hetero) is 1. The highest BCUT2D eigenvalue weighted by Crippen LogP contribution is 2.28. The average Bonchev–Trinajstić information content (AvgIpc) is 3.34. The second-order valence-corrected chi connectivity index (χ2v) is 8.20. The number of benzene rings is 2. The Kier molecular flexibility index (Phi) is 11.6. The van der Waals surface area contributed by atoms with Crippen LogP contribution in [-0.4, -0.2) is 41.8 Å². The lowest BCUT2D eigenvalue weighted by molar-refractivity contribution is -0.124. The van der Waals surface area contributed by atoms with Crippen LogP contribution in [-0.2, 0) is 17.6 Å². The Morgan fingerprint density at radius 2 is 1.55 bits per heavy atom. The fourth-order valence-corrected chi connectivity index (χ4v) is 3.95. The molecular formula is C28H40N2O3. The molecule has 5 heteroatoms. The summed E-state index contributed by atoms with van der Waals surface area (Å²) < 4.78 is 0. The number of hydrogen-bond acceptors (Lipinski definition) is 4. The molecule has 1 aliphatic heterocycles. The van der Waals surface area contributed by atoms with Gasteiger partial charge >= 0.3 is 0 Å². The average molecular weight is 453 g/mol. The number of aryl methyl sites for hydroxylation is 4. The third kappa shape index (κ3) is 7.57. The van der Waals surface area contributed by atoms with Gasteiger partial charge in [-0.05, 0) is 87.9 Å². The van der Waals surface area contributed by atoms with Gasteiger partial charge in [-0.2, -0.15) is 0 Å². The largest absolute Gasteiger partial charge is 0.507 e. The maximum Gasteiger partial charge on any atom is 0.253 e. The third-order valence-electron chi connectivity index (χ3n) is 5.82. The van der Waals surface area contributed by atoms with Crippen LogP contribution in [0.4, 0.5) is 0 Å². The normalized spacial score (nSPS) is 12.3. The molecule has 2 aromatic carbocycles. The molecule has 0 spiro atoms. The highest BCUT2D eigenvalue weighted by molar-refractivity contribution is 6.19. The molecule has 2 aromatic rings. The number of carbonyl (C=O) groups excluding carboxylic acids is 2. The van der Waals surface area contributed by atoms with Gasteiger partial charge < -0.3 is 15.7 Å². The number of phenols is 1. The van der Waals surface area contributed by atoms with Gasteiger partial charge in [-0.25, -0.2) is 0 Å². The second-order valence-electron chi connectivity index (χ2n) is 8.20. The van der Waals surface area contributed by atoms with Crippen LogP contribution in [0.1, 0.15) is 71.8 Å². The minimum absolute atomic E-state index is 0.0554. The van der Waals surface area contributed by atoms with E-state index in [0.717, 1.165) is 44.3 Å². The quantitative estimate of drug-likeness (QED) is 0.480. The zero-order valence-corrected chi connectivity index (χ0v) is 21.1. The van der Waals surface area contributed by atoms with Crippen LogP contribution < -0.4 is 5.73 Å². The number of ketones is 1. The molecule has 0 radical (unpaired) electrons. The van der Waals surface area contributed by atoms with Crippen molar-refractivity contribution in [2.75, 3.05) is 20.1 Å². The first-order valence-electron chi connectivity index (χ1n) is 11.7. The lowest BCUT2D eigenvalue weighted by Gasteiger charge is -2.18. The summed E-state index contributed by atoms with van der Waals surface area (Å²) in [5.74, 6) is -0.379. The van der Waals surface area contributed by atoms with E-state index in [1.165, 1.54) is 36.7 Å². The van der Waals surface area contributed by atoms with Crippen molar-refractivity contribution in [1.82, 2.24) is 4.90 Å². The Labute approximate surface area is 199 Å². The number of rotatable bonds is 5. The lowest BCUT2D eigenvalue weighted by atomic mass is 9.96. The summed E-state index contributed by atoms with van der Waals surface area (Å²) in [6.45, 7) is 15.2. The molecule has 3 rings (SSSR count). The molecule has 1 aliphatic rings. The van der Waals surface area contributed by atoms with E-state index in [1.54, 1.807) is 17.9 Å². The van der Waals surface area contributed by atoms with Crippen LogP contribution in [0.3, 0.4) is 0 Å². The predicted octanol–water partition coefficient (Wildman–Crippen LogP) is 5.23. The van der Waals surface area contributed by atoms with E-state index in [1.807, 2.05) is 0 Å². The van der Waals surface area contributed by atoms with E-state index >= 15 is 0 Å². The minimum Gasteiger partial charge on any atom is -0.507 e. The molecule has 0 bridgehead atoms. The lowest BCUT2D eigenvalue weighted by Crippen LogP contribution is -2.28. The van der Waals surface area contributed by atoms with Crippen molar-refractivity contribution in [3.63, 3.8) is 0 Å². The van der Waals surface area contributed by atoms with E-state index < -0.39 is 0 Å². The molecule has 1 fully saturated rings. The maximum absolute atomic E-state index is 12.3. The number of hydrogen-bond donors (Lipinski definition) is 2. The second kappa shape index (κ2) is 13.6. The standard InChI is InChI=1S/C16H19NO3.C11H16.CH5N/c1-10-8-15(19)14(12(3)18)9-13(10)11(2)16(20)17-6-4-5-7-17;1-4-10-7-6-9(3)8-11(10)5-2;1-2/h8-9,19H,2,4-7H2,1,3H3;6-8H,4-5H2,1-3H3;2H2,1H3. The van der Waals surface area contributed by atoms with E-state index in [9.17, 15) is 14.7 Å². The first kappa shape index (κ1) is 28.1. The zero-order chi connectivity index (χ0) is 25.1. The van der Waals surface area contributed by atoms with Gasteiger partial charge in [0.1, 0.15) is 5.75 Å². The highest BCUT2D eigenvalue weighted by Gasteiger charge is 2.23. The number of amides is 1. The fourth-order valence-electron chi connectivity index (χ4n) is 3.95. The first-order chi connectivity index (χ1) is 15.7. The molecular weight excluding hydrogens is 412 g/mol. The fraction of sp³-hybridized carbons (Fsp3) is 0.429. The predicted molar refractivity (Wildman–Crippen MR) is 138 cm³/mol. The van der Waals surface area contributed by atoms with E-state index in [-0.39, 0.29) is 23.0 Å². The van der Waals surface area contributed by atoms with Crippen molar-refractivity contribution in [3.8, 4) is 5.75 Å². The van der Waals surface area contributed by atoms with Gasteiger partial charge in [0.25, 0.3) is 5.91 Å². The van der Waals surface area contributed by atoms with Crippen LogP contribution >= 0.6 is 0 Å². The Hall–Kier alpha value is -2.92. The molecule has 0 atom stereocenters. The van der Waals surface area contributed by atoms with Gasteiger partial charge in [-0.1, -0.05) is 44.2 Å². The van der Waals surface area contributed by atoms with Crippen molar-refractivity contribution in [2.24, 2.45) is 5.73 Å². The minimum atomic E-state index is -0.231. The van der Waals surface area contributed by atoms with Gasteiger partial charge in [0.05, 0.1) is 5.56 Å². The Morgan fingerprint density at radius 3 is 2.06 bits per heavy atom. The van der Waals surface area contributed by atoms with Crippen molar-refractivity contribution in [1.29, 1.82) is 0 Å². The van der Waals surface area contributed by atoms with Crippen LogP contribution in [0.5, 0.6) is 5.75 Å². The molecule has 5 nitrogen and oxygen atoms in total. The SMILES string of the molecule is C=C(C(=O)N1CCCC1)c1cc(C(C)=O)c(O)cc1C.CCc1ccc(C)cc1CC.CN. The van der Waals surface area contributed by atoms with Crippen molar-refractivity contribution in [3.05, 3.63) is 70.3 Å². The monoisotopic (exact) mass is 452 g/mol. The molecule has 180 valence electrons. The summed E-state index contributed by atoms with van der Waals surface area (Å²) in [7, 11) is 1.50. The topological polar surface area (TPSA) is 83.6 Å². The Bertz CT molecular complexity index is 973. The van der Waals surface area contributed by atoms with Gasteiger partial charge in [0.2, 0.25) is 0 Å². The maximum atomic E-state index is 12.3. The molecule has 33 heavy (non-hydrogen) atoms. The number of likely N-dealkylation sites (tertiary alicyclic amines) is 1. The van der Waals surface area contributed by atoms with Crippen LogP contribution in [0.2, 0.25) is 0 Å². The van der Waals surface area contributed by atoms with E-state index in [2.05, 4.69) is 51.3 Å². The summed E-state index contributed by atoms with van der Waals surface area (Å²) in [4.78, 5) is 25.6. The molecule has 3 N–H and O–H groups in total. The van der Waals surface area contributed by atoms with Crippen molar-refractivity contribution >= 4 is 17.3 Å². The van der Waals surface area contributed by atoms with Crippen LogP contribution in [0.25, 0.3) is 5.57 Å². The highest BCUT2D eigenvalue weighted by atomic mass is 16.3. The molecule has 0 aromatic heterocycles. The molecule has 1 heterocycles. The summed E-state index contributed by atoms with van der Waals surface area (Å²) in [6, 6.07) is 9.79. The number of nitrogens with two attached hydrogens (primary N) is 1. The molecule has 0 aliphatic carbocycles. The summed E-state index contributed by atoms with van der Waals surface area (Å²) in [5.41, 5.74) is 10.9. The van der Waals surface area contributed by atoms with Gasteiger partial charge in [-0.15, -0.1) is 0 Å². The summed E-state index contributed by atoms with van der Waals surface area (Å²) >= 11 is 0. The molecule has 1 amide bonds. The number of nitrogens with zero attached hydrogens (tertiary/aromatic N) is 1. The zero-order valence-electron chi connectivity index (χ0n) is 21.1. The van der Waals surface area contributed by atoms with Crippen LogP contribution in [0, 0.1) is 13.8 Å². The van der Waals surface area contributed by atoms with Gasteiger partial charge in [0, 0.05) is 18.7 Å². The number of phenolic OH excluding ortho intramolecular Hbond substituents is 1.